The average molecular weight is 462 g/mol. The summed E-state index contributed by atoms with van der Waals surface area (Å²) in [7, 11) is 3.22. The fourth-order valence-corrected chi connectivity index (χ4v) is 3.58. The van der Waals surface area contributed by atoms with E-state index in [9.17, 15) is 0 Å². The Hall–Kier alpha value is -3.38. The van der Waals surface area contributed by atoms with Crippen LogP contribution in [-0.4, -0.2) is 25.4 Å². The third-order valence-corrected chi connectivity index (χ3v) is 5.15. The number of nitrogens with zero attached hydrogens (tertiary/aromatic N) is 2. The van der Waals surface area contributed by atoms with E-state index in [1.54, 1.807) is 20.4 Å². The molecule has 0 bridgehead atoms. The molecule has 1 N–H and O–H groups in total. The van der Waals surface area contributed by atoms with Gasteiger partial charge in [-0.15, -0.1) is 0 Å². The third-order valence-electron chi connectivity index (χ3n) is 4.66. The topological polar surface area (TPSA) is 55.7 Å². The number of halogens is 1. The molecule has 0 fully saturated rings. The minimum atomic E-state index is 0.655. The van der Waals surface area contributed by atoms with Crippen LogP contribution < -0.4 is 14.9 Å². The number of ether oxygens (including phenoxy) is 2. The van der Waals surface area contributed by atoms with Crippen LogP contribution in [-0.2, 0) is 0 Å². The lowest BCUT2D eigenvalue weighted by Gasteiger charge is -2.10. The smallest absolute Gasteiger partial charge is 0.161 e. The monoisotopic (exact) mass is 461 g/mol. The summed E-state index contributed by atoms with van der Waals surface area (Å²) in [6.07, 6.45) is 1.72. The number of fused-ring (bicyclic) bond motifs is 1. The zero-order valence-electron chi connectivity index (χ0n) is 16.6. The molecular weight excluding hydrogens is 442 g/mol. The Labute approximate surface area is 183 Å². The number of pyridine rings is 1. The highest BCUT2D eigenvalue weighted by Crippen LogP contribution is 2.32. The molecule has 0 aliphatic rings. The molecule has 0 amide bonds. The molecular formula is C24H20BrN3O2. The molecule has 5 nitrogen and oxygen atoms in total. The highest BCUT2D eigenvalue weighted by molar-refractivity contribution is 9.10. The molecule has 0 aliphatic carbocycles. The van der Waals surface area contributed by atoms with Gasteiger partial charge in [0.25, 0.3) is 0 Å². The summed E-state index contributed by atoms with van der Waals surface area (Å²) >= 11 is 3.56. The number of rotatable bonds is 6. The number of hydrogen-bond donors (Lipinski definition) is 1. The van der Waals surface area contributed by atoms with Crippen molar-refractivity contribution in [1.82, 2.24) is 4.98 Å². The second kappa shape index (κ2) is 8.97. The van der Waals surface area contributed by atoms with Crippen LogP contribution in [0.2, 0.25) is 0 Å². The Bertz CT molecular complexity index is 1210. The maximum absolute atomic E-state index is 5.34. The first-order valence-electron chi connectivity index (χ1n) is 9.35. The van der Waals surface area contributed by atoms with Gasteiger partial charge in [-0.3, -0.25) is 5.43 Å². The molecule has 4 rings (SSSR count). The lowest BCUT2D eigenvalue weighted by molar-refractivity contribution is 0.355. The van der Waals surface area contributed by atoms with Crippen LogP contribution in [0.15, 0.2) is 82.4 Å². The van der Waals surface area contributed by atoms with Crippen LogP contribution in [0.5, 0.6) is 11.5 Å². The van der Waals surface area contributed by atoms with E-state index in [2.05, 4.69) is 44.7 Å². The quantitative estimate of drug-likeness (QED) is 0.277. The second-order valence-corrected chi connectivity index (χ2v) is 7.48. The lowest BCUT2D eigenvalue weighted by Crippen LogP contribution is -1.96. The van der Waals surface area contributed by atoms with Crippen LogP contribution in [0.25, 0.3) is 22.0 Å². The Balaban J connectivity index is 1.67. The van der Waals surface area contributed by atoms with Crippen molar-refractivity contribution in [3.63, 3.8) is 0 Å². The highest BCUT2D eigenvalue weighted by Gasteiger charge is 2.09. The van der Waals surface area contributed by atoms with Crippen LogP contribution >= 0.6 is 15.9 Å². The van der Waals surface area contributed by atoms with Gasteiger partial charge in [0.2, 0.25) is 0 Å². The first-order chi connectivity index (χ1) is 14.7. The third kappa shape index (κ3) is 4.28. The molecule has 0 spiro atoms. The minimum Gasteiger partial charge on any atom is -0.493 e. The van der Waals surface area contributed by atoms with E-state index in [0.29, 0.717) is 17.3 Å². The van der Waals surface area contributed by atoms with Crippen LogP contribution in [0, 0.1) is 0 Å². The molecule has 0 unspecified atom stereocenters. The van der Waals surface area contributed by atoms with E-state index >= 15 is 0 Å². The van der Waals surface area contributed by atoms with Gasteiger partial charge in [-0.1, -0.05) is 46.3 Å². The van der Waals surface area contributed by atoms with Gasteiger partial charge in [0.05, 0.1) is 26.0 Å². The fraction of sp³-hybridized carbons (Fsp3) is 0.0833. The lowest BCUT2D eigenvalue weighted by atomic mass is 10.0. The van der Waals surface area contributed by atoms with E-state index in [4.69, 9.17) is 14.5 Å². The zero-order chi connectivity index (χ0) is 20.9. The van der Waals surface area contributed by atoms with E-state index in [1.165, 1.54) is 0 Å². The molecule has 30 heavy (non-hydrogen) atoms. The summed E-state index contributed by atoms with van der Waals surface area (Å²) < 4.78 is 11.6. The van der Waals surface area contributed by atoms with Gasteiger partial charge in [-0.05, 0) is 59.2 Å². The molecule has 0 aliphatic heterocycles. The SMILES string of the molecule is COc1ccc(/C=N/Nc2cc(-c3ccccc3)c3cc(Br)ccc3n2)cc1OC. The summed E-state index contributed by atoms with van der Waals surface area (Å²) in [6, 6.07) is 23.9. The number of aromatic nitrogens is 1. The van der Waals surface area contributed by atoms with Crippen molar-refractivity contribution in [3.05, 3.63) is 82.8 Å². The summed E-state index contributed by atoms with van der Waals surface area (Å²) in [4.78, 5) is 4.70. The Morgan fingerprint density at radius 2 is 1.70 bits per heavy atom. The van der Waals surface area contributed by atoms with E-state index in [0.717, 1.165) is 32.1 Å². The zero-order valence-corrected chi connectivity index (χ0v) is 18.2. The summed E-state index contributed by atoms with van der Waals surface area (Å²) in [5.74, 6) is 2.00. The number of benzene rings is 3. The molecule has 0 atom stereocenters. The number of nitrogens with one attached hydrogen (secondary N) is 1. The van der Waals surface area contributed by atoms with E-state index in [1.807, 2.05) is 54.6 Å². The van der Waals surface area contributed by atoms with Gasteiger partial charge < -0.3 is 9.47 Å². The van der Waals surface area contributed by atoms with E-state index < -0.39 is 0 Å². The number of hydrogen-bond acceptors (Lipinski definition) is 5. The van der Waals surface area contributed by atoms with E-state index in [-0.39, 0.29) is 0 Å². The predicted molar refractivity (Wildman–Crippen MR) is 126 cm³/mol. The van der Waals surface area contributed by atoms with Crippen LogP contribution in [0.4, 0.5) is 5.82 Å². The largest absolute Gasteiger partial charge is 0.493 e. The van der Waals surface area contributed by atoms with Gasteiger partial charge in [0.1, 0.15) is 5.82 Å². The maximum Gasteiger partial charge on any atom is 0.161 e. The first kappa shape index (κ1) is 19.9. The standard InChI is InChI=1S/C24H20BrN3O2/c1-29-22-11-8-16(12-23(22)30-2)15-26-28-24-14-19(17-6-4-3-5-7-17)20-13-18(25)9-10-21(20)27-24/h3-15H,1-2H3,(H,27,28)/b26-15+. The van der Waals surface area contributed by atoms with Crippen molar-refractivity contribution >= 4 is 38.9 Å². The van der Waals surface area contributed by atoms with Crippen molar-refractivity contribution in [1.29, 1.82) is 0 Å². The molecule has 4 aromatic rings. The predicted octanol–water partition coefficient (Wildman–Crippen LogP) is 6.13. The summed E-state index contributed by atoms with van der Waals surface area (Å²) in [6.45, 7) is 0. The molecule has 150 valence electrons. The summed E-state index contributed by atoms with van der Waals surface area (Å²) in [5, 5.41) is 5.43. The van der Waals surface area contributed by atoms with Crippen LogP contribution in [0.3, 0.4) is 0 Å². The molecule has 6 heteroatoms. The maximum atomic E-state index is 5.34. The first-order valence-corrected chi connectivity index (χ1v) is 10.1. The molecule has 0 saturated carbocycles. The fourth-order valence-electron chi connectivity index (χ4n) is 3.22. The minimum absolute atomic E-state index is 0.655. The summed E-state index contributed by atoms with van der Waals surface area (Å²) in [5.41, 5.74) is 7.03. The van der Waals surface area contributed by atoms with Crippen LogP contribution in [0.1, 0.15) is 5.56 Å². The normalized spacial score (nSPS) is 11.0. The van der Waals surface area contributed by atoms with Gasteiger partial charge in [0.15, 0.2) is 11.5 Å². The second-order valence-electron chi connectivity index (χ2n) is 6.57. The number of anilines is 1. The van der Waals surface area contributed by atoms with Crippen molar-refractivity contribution in [3.8, 4) is 22.6 Å². The molecule has 1 aromatic heterocycles. The highest BCUT2D eigenvalue weighted by atomic mass is 79.9. The van der Waals surface area contributed by atoms with Gasteiger partial charge in [-0.2, -0.15) is 5.10 Å². The van der Waals surface area contributed by atoms with Crippen molar-refractivity contribution < 1.29 is 9.47 Å². The molecule has 1 heterocycles. The average Bonchev–Trinajstić information content (AvgIpc) is 2.79. The van der Waals surface area contributed by atoms with Gasteiger partial charge in [0, 0.05) is 9.86 Å². The number of hydrazone groups is 1. The van der Waals surface area contributed by atoms with Crippen molar-refractivity contribution in [2.24, 2.45) is 5.10 Å². The Morgan fingerprint density at radius 3 is 2.47 bits per heavy atom. The van der Waals surface area contributed by atoms with Crippen molar-refractivity contribution in [2.45, 2.75) is 0 Å². The Morgan fingerprint density at radius 1 is 0.900 bits per heavy atom. The van der Waals surface area contributed by atoms with Crippen molar-refractivity contribution in [2.75, 3.05) is 19.6 Å². The van der Waals surface area contributed by atoms with Gasteiger partial charge >= 0.3 is 0 Å². The Kier molecular flexibility index (Phi) is 5.95. The number of methoxy groups -OCH3 is 2. The van der Waals surface area contributed by atoms with Gasteiger partial charge in [-0.25, -0.2) is 4.98 Å². The molecule has 0 radical (unpaired) electrons. The molecule has 3 aromatic carbocycles. The molecule has 0 saturated heterocycles.